The molecule has 1 aromatic carbocycles. The van der Waals surface area contributed by atoms with Crippen LogP contribution in [0.3, 0.4) is 0 Å². The van der Waals surface area contributed by atoms with Gasteiger partial charge in [0.15, 0.2) is 5.69 Å². The van der Waals surface area contributed by atoms with Gasteiger partial charge in [-0.1, -0.05) is 18.2 Å². The molecule has 0 saturated carbocycles. The van der Waals surface area contributed by atoms with Gasteiger partial charge < -0.3 is 5.11 Å². The average Bonchev–Trinajstić information content (AvgIpc) is 2.63. The molecule has 0 amide bonds. The van der Waals surface area contributed by atoms with Crippen LogP contribution in [-0.2, 0) is 6.54 Å². The van der Waals surface area contributed by atoms with Crippen LogP contribution in [0.1, 0.15) is 21.7 Å². The van der Waals surface area contributed by atoms with Gasteiger partial charge in [0.2, 0.25) is 0 Å². The second-order valence-electron chi connectivity index (χ2n) is 6.18. The topological polar surface area (TPSA) is 107 Å². The van der Waals surface area contributed by atoms with E-state index in [1.165, 1.54) is 10.5 Å². The Morgan fingerprint density at radius 2 is 1.85 bits per heavy atom. The first kappa shape index (κ1) is 16.6. The lowest BCUT2D eigenvalue weighted by Crippen LogP contribution is -2.27. The molecule has 0 bridgehead atoms. The van der Waals surface area contributed by atoms with E-state index in [1.807, 2.05) is 6.92 Å². The van der Waals surface area contributed by atoms with Crippen molar-refractivity contribution in [2.75, 3.05) is 0 Å². The van der Waals surface area contributed by atoms with Crippen molar-refractivity contribution in [2.24, 2.45) is 0 Å². The summed E-state index contributed by atoms with van der Waals surface area (Å²) < 4.78 is 2.43. The predicted octanol–water partition coefficient (Wildman–Crippen LogP) is 1.46. The number of rotatable bonds is 3. The number of aromatic carboxylic acids is 1. The molecule has 0 fully saturated rings. The zero-order valence-corrected chi connectivity index (χ0v) is 14.3. The van der Waals surface area contributed by atoms with Crippen LogP contribution in [0.4, 0.5) is 0 Å². The third-order valence-electron chi connectivity index (χ3n) is 4.26. The molecule has 0 atom stereocenters. The number of hydrogen-bond donors (Lipinski definition) is 1. The third-order valence-corrected chi connectivity index (χ3v) is 4.26. The molecule has 27 heavy (non-hydrogen) atoms. The fraction of sp³-hybridized carbons (Fsp3) is 0.105. The van der Waals surface area contributed by atoms with E-state index in [0.29, 0.717) is 11.3 Å². The smallest absolute Gasteiger partial charge is 0.357 e. The molecule has 0 unspecified atom stereocenters. The van der Waals surface area contributed by atoms with Crippen molar-refractivity contribution in [1.82, 2.24) is 19.2 Å². The highest BCUT2D eigenvalue weighted by molar-refractivity contribution is 6.01. The zero-order chi connectivity index (χ0) is 19.1. The van der Waals surface area contributed by atoms with E-state index in [0.717, 1.165) is 10.2 Å². The van der Waals surface area contributed by atoms with Crippen molar-refractivity contribution >= 4 is 22.4 Å². The lowest BCUT2D eigenvalue weighted by Gasteiger charge is -2.09. The van der Waals surface area contributed by atoms with Crippen LogP contribution in [-0.4, -0.2) is 30.2 Å². The number of nitrogens with zero attached hydrogens (tertiary/aromatic N) is 4. The van der Waals surface area contributed by atoms with E-state index in [-0.39, 0.29) is 28.6 Å². The maximum atomic E-state index is 12.7. The number of carboxylic acid groups (broad SMARTS) is 1. The Kier molecular flexibility index (Phi) is 3.80. The molecule has 0 spiro atoms. The quantitative estimate of drug-likeness (QED) is 0.591. The Bertz CT molecular complexity index is 1340. The van der Waals surface area contributed by atoms with Crippen LogP contribution < -0.4 is 11.1 Å². The molecule has 4 rings (SSSR count). The van der Waals surface area contributed by atoms with Crippen LogP contribution in [0.25, 0.3) is 16.4 Å². The Morgan fingerprint density at radius 1 is 1.11 bits per heavy atom. The Labute approximate surface area is 152 Å². The number of carbonyl (C=O) groups is 1. The van der Waals surface area contributed by atoms with E-state index in [4.69, 9.17) is 0 Å². The zero-order valence-electron chi connectivity index (χ0n) is 14.3. The highest BCUT2D eigenvalue weighted by Crippen LogP contribution is 2.13. The normalized spacial score (nSPS) is 11.1. The Morgan fingerprint density at radius 3 is 2.59 bits per heavy atom. The lowest BCUT2D eigenvalue weighted by molar-refractivity contribution is 0.0690. The summed E-state index contributed by atoms with van der Waals surface area (Å²) in [6.07, 6.45) is 1.63. The summed E-state index contributed by atoms with van der Waals surface area (Å²) in [5, 5.41) is 13.9. The molecular formula is C19H14N4O4. The van der Waals surface area contributed by atoms with Gasteiger partial charge in [-0.15, -0.1) is 0 Å². The lowest BCUT2D eigenvalue weighted by atomic mass is 10.1. The molecule has 3 heterocycles. The summed E-state index contributed by atoms with van der Waals surface area (Å²) >= 11 is 0. The van der Waals surface area contributed by atoms with E-state index in [9.17, 15) is 19.5 Å². The minimum absolute atomic E-state index is 0.108. The van der Waals surface area contributed by atoms with Crippen molar-refractivity contribution in [1.29, 1.82) is 0 Å². The average molecular weight is 362 g/mol. The molecule has 8 heteroatoms. The van der Waals surface area contributed by atoms with Crippen LogP contribution in [0, 0.1) is 6.92 Å². The summed E-state index contributed by atoms with van der Waals surface area (Å²) in [6.45, 7) is 1.77. The SMILES string of the molecule is Cc1ccn2c(=O)cc(Cn3nc(C(=O)O)c4ccccc4c3=O)nc2c1. The summed E-state index contributed by atoms with van der Waals surface area (Å²) in [5.41, 5.74) is 0.757. The number of benzene rings is 1. The van der Waals surface area contributed by atoms with Crippen molar-refractivity contribution in [3.8, 4) is 0 Å². The molecule has 0 radical (unpaired) electrons. The van der Waals surface area contributed by atoms with Gasteiger partial charge in [-0.25, -0.2) is 14.5 Å². The van der Waals surface area contributed by atoms with Gasteiger partial charge in [0.25, 0.3) is 11.1 Å². The van der Waals surface area contributed by atoms with Gasteiger partial charge in [-0.05, 0) is 30.7 Å². The van der Waals surface area contributed by atoms with E-state index in [1.54, 1.807) is 42.6 Å². The molecule has 0 saturated heterocycles. The monoisotopic (exact) mass is 362 g/mol. The summed E-state index contributed by atoms with van der Waals surface area (Å²) in [4.78, 5) is 41.0. The van der Waals surface area contributed by atoms with Crippen molar-refractivity contribution in [3.63, 3.8) is 0 Å². The maximum absolute atomic E-state index is 12.7. The van der Waals surface area contributed by atoms with E-state index < -0.39 is 11.5 Å². The minimum atomic E-state index is -1.23. The predicted molar refractivity (Wildman–Crippen MR) is 98.3 cm³/mol. The largest absolute Gasteiger partial charge is 0.476 e. The molecule has 3 aromatic heterocycles. The highest BCUT2D eigenvalue weighted by atomic mass is 16.4. The number of aromatic nitrogens is 4. The highest BCUT2D eigenvalue weighted by Gasteiger charge is 2.16. The first-order valence-corrected chi connectivity index (χ1v) is 8.16. The third kappa shape index (κ3) is 2.86. The Hall–Kier alpha value is -3.81. The van der Waals surface area contributed by atoms with E-state index >= 15 is 0 Å². The van der Waals surface area contributed by atoms with Crippen molar-refractivity contribution in [2.45, 2.75) is 13.5 Å². The standard InChI is InChI=1S/C19H14N4O4/c1-11-6-7-22-15(8-11)20-12(9-16(22)24)10-23-18(25)14-5-3-2-4-13(14)17(21-23)19(26)27/h2-9H,10H2,1H3,(H,26,27). The first-order valence-electron chi connectivity index (χ1n) is 8.16. The number of hydrogen-bond acceptors (Lipinski definition) is 5. The van der Waals surface area contributed by atoms with Crippen molar-refractivity contribution < 1.29 is 9.90 Å². The molecule has 1 N–H and O–H groups in total. The fourth-order valence-electron chi connectivity index (χ4n) is 2.99. The van der Waals surface area contributed by atoms with Gasteiger partial charge in [-0.3, -0.25) is 14.0 Å². The minimum Gasteiger partial charge on any atom is -0.476 e. The summed E-state index contributed by atoms with van der Waals surface area (Å²) in [7, 11) is 0. The molecule has 0 aliphatic carbocycles. The van der Waals surface area contributed by atoms with Gasteiger partial charge >= 0.3 is 5.97 Å². The fourth-order valence-corrected chi connectivity index (χ4v) is 2.99. The van der Waals surface area contributed by atoms with Crippen LogP contribution >= 0.6 is 0 Å². The Balaban J connectivity index is 1.90. The number of pyridine rings is 1. The maximum Gasteiger partial charge on any atom is 0.357 e. The molecular weight excluding hydrogens is 348 g/mol. The second-order valence-corrected chi connectivity index (χ2v) is 6.18. The second kappa shape index (κ2) is 6.17. The molecule has 134 valence electrons. The van der Waals surface area contributed by atoms with Gasteiger partial charge in [-0.2, -0.15) is 5.10 Å². The van der Waals surface area contributed by atoms with Gasteiger partial charge in [0, 0.05) is 17.6 Å². The van der Waals surface area contributed by atoms with Crippen LogP contribution in [0.15, 0.2) is 58.3 Å². The number of aryl methyl sites for hydroxylation is 1. The molecule has 4 aromatic rings. The van der Waals surface area contributed by atoms with Gasteiger partial charge in [0.05, 0.1) is 17.6 Å². The molecule has 8 nitrogen and oxygen atoms in total. The first-order chi connectivity index (χ1) is 12.9. The van der Waals surface area contributed by atoms with E-state index in [2.05, 4.69) is 10.1 Å². The summed E-state index contributed by atoms with van der Waals surface area (Å²) in [5.74, 6) is -1.23. The molecule has 0 aliphatic heterocycles. The molecule has 0 aliphatic rings. The number of fused-ring (bicyclic) bond motifs is 2. The van der Waals surface area contributed by atoms with Gasteiger partial charge in [0.1, 0.15) is 5.65 Å². The van der Waals surface area contributed by atoms with Crippen molar-refractivity contribution in [3.05, 3.63) is 86.3 Å². The summed E-state index contributed by atoms with van der Waals surface area (Å²) in [6, 6.07) is 11.3. The number of carboxylic acids is 1. The van der Waals surface area contributed by atoms with Crippen LogP contribution in [0.5, 0.6) is 0 Å². The van der Waals surface area contributed by atoms with Crippen LogP contribution in [0.2, 0.25) is 0 Å².